The van der Waals surface area contributed by atoms with Crippen LogP contribution in [0.25, 0.3) is 0 Å². The molecule has 264 valence electrons. The molecule has 0 saturated heterocycles. The number of carbonyl (C=O) groups is 4. The van der Waals surface area contributed by atoms with E-state index in [1.54, 1.807) is 118 Å². The molecule has 10 nitrogen and oxygen atoms in total. The summed E-state index contributed by atoms with van der Waals surface area (Å²) in [5.74, 6) is -5.21. The Labute approximate surface area is 295 Å². The number of aliphatic hydroxyl groups is 3. The molecule has 0 amide bonds. The van der Waals surface area contributed by atoms with E-state index in [4.69, 9.17) is 14.2 Å². The monoisotopic (exact) mass is 692 g/mol. The van der Waals surface area contributed by atoms with Gasteiger partial charge in [0, 0.05) is 17.3 Å². The lowest BCUT2D eigenvalue weighted by Crippen LogP contribution is -2.66. The van der Waals surface area contributed by atoms with Crippen LogP contribution in [0.4, 0.5) is 0 Å². The SMILES string of the molecule is CC1=C[C@]23C(=O)[C@@H](C=C(CO)[C@@H](O)[C@]2(O)[C@H]1OC(=O)c1ccccc1)[C@@H]1C(C)(COC(=O)c2ccccc2)[C@]1(OC(=O)c1ccccc1)C[C@H]3C. The molecule has 0 aliphatic heterocycles. The Balaban J connectivity index is 1.33. The average Bonchev–Trinajstić information content (AvgIpc) is 3.59. The number of fused-ring (bicyclic) bond motifs is 3. The average molecular weight is 693 g/mol. The van der Waals surface area contributed by atoms with E-state index in [-0.39, 0.29) is 29.7 Å². The maximum Gasteiger partial charge on any atom is 0.338 e. The molecule has 3 N–H and O–H groups in total. The van der Waals surface area contributed by atoms with Crippen LogP contribution in [-0.2, 0) is 19.0 Å². The summed E-state index contributed by atoms with van der Waals surface area (Å²) in [4.78, 5) is 55.7. The molecule has 0 radical (unpaired) electrons. The van der Waals surface area contributed by atoms with Gasteiger partial charge in [-0.2, -0.15) is 0 Å². The second kappa shape index (κ2) is 12.4. The molecule has 10 heteroatoms. The lowest BCUT2D eigenvalue weighted by Gasteiger charge is -2.49. The molecule has 2 saturated carbocycles. The Bertz CT molecular complexity index is 1940. The fraction of sp³-hybridized carbons (Fsp3) is 0.366. The molecule has 3 aromatic carbocycles. The first-order chi connectivity index (χ1) is 24.4. The van der Waals surface area contributed by atoms with Crippen LogP contribution < -0.4 is 0 Å². The van der Waals surface area contributed by atoms with Crippen molar-refractivity contribution in [3.63, 3.8) is 0 Å². The van der Waals surface area contributed by atoms with E-state index in [2.05, 4.69) is 0 Å². The van der Waals surface area contributed by atoms with Crippen molar-refractivity contribution in [3.05, 3.63) is 131 Å². The Hall–Kier alpha value is -4.90. The number of aliphatic hydroxyl groups excluding tert-OH is 2. The predicted octanol–water partition coefficient (Wildman–Crippen LogP) is 4.50. The van der Waals surface area contributed by atoms with Crippen LogP contribution >= 0.6 is 0 Å². The molecule has 1 spiro atoms. The molecule has 7 rings (SSSR count). The van der Waals surface area contributed by atoms with E-state index in [1.165, 1.54) is 6.08 Å². The molecule has 2 fully saturated rings. The van der Waals surface area contributed by atoms with Crippen molar-refractivity contribution in [2.45, 2.75) is 50.6 Å². The highest BCUT2D eigenvalue weighted by atomic mass is 16.6. The van der Waals surface area contributed by atoms with Crippen molar-refractivity contribution in [3.8, 4) is 0 Å². The largest absolute Gasteiger partial charge is 0.461 e. The summed E-state index contributed by atoms with van der Waals surface area (Å²) in [6.45, 7) is 4.22. The van der Waals surface area contributed by atoms with Gasteiger partial charge >= 0.3 is 17.9 Å². The van der Waals surface area contributed by atoms with Gasteiger partial charge in [-0.15, -0.1) is 0 Å². The van der Waals surface area contributed by atoms with Crippen LogP contribution in [0.3, 0.4) is 0 Å². The smallest absolute Gasteiger partial charge is 0.338 e. The van der Waals surface area contributed by atoms with E-state index in [0.717, 1.165) is 0 Å². The summed E-state index contributed by atoms with van der Waals surface area (Å²) in [7, 11) is 0. The van der Waals surface area contributed by atoms with E-state index in [0.29, 0.717) is 11.1 Å². The van der Waals surface area contributed by atoms with E-state index >= 15 is 4.79 Å². The van der Waals surface area contributed by atoms with Gasteiger partial charge in [-0.25, -0.2) is 14.4 Å². The molecule has 4 aliphatic rings. The number of esters is 3. The molecular formula is C41H40O10. The third kappa shape index (κ3) is 4.95. The fourth-order valence-electron chi connectivity index (χ4n) is 9.34. The van der Waals surface area contributed by atoms with Gasteiger partial charge in [0.15, 0.2) is 17.5 Å². The molecule has 2 bridgehead atoms. The zero-order valence-corrected chi connectivity index (χ0v) is 28.5. The molecular weight excluding hydrogens is 652 g/mol. The molecule has 51 heavy (non-hydrogen) atoms. The Morgan fingerprint density at radius 1 is 0.843 bits per heavy atom. The van der Waals surface area contributed by atoms with Crippen molar-refractivity contribution < 1.29 is 48.7 Å². The minimum absolute atomic E-state index is 0.0261. The number of ether oxygens (including phenoxy) is 3. The minimum Gasteiger partial charge on any atom is -0.461 e. The van der Waals surface area contributed by atoms with Gasteiger partial charge in [-0.1, -0.05) is 80.6 Å². The maximum absolute atomic E-state index is 15.3. The normalized spacial score (nSPS) is 34.8. The van der Waals surface area contributed by atoms with Gasteiger partial charge in [0.1, 0.15) is 18.3 Å². The number of allylic oxidation sites excluding steroid dienone is 1. The summed E-state index contributed by atoms with van der Waals surface area (Å²) in [6, 6.07) is 25.0. The first kappa shape index (κ1) is 34.5. The van der Waals surface area contributed by atoms with Gasteiger partial charge in [-0.05, 0) is 66.8 Å². The van der Waals surface area contributed by atoms with E-state index in [1.807, 2.05) is 0 Å². The number of hydrogen-bond acceptors (Lipinski definition) is 10. The zero-order valence-electron chi connectivity index (χ0n) is 28.5. The summed E-state index contributed by atoms with van der Waals surface area (Å²) in [5.41, 5.74) is -5.63. The molecule has 0 aromatic heterocycles. The van der Waals surface area contributed by atoms with Crippen molar-refractivity contribution in [1.29, 1.82) is 0 Å². The van der Waals surface area contributed by atoms with Gasteiger partial charge in [0.2, 0.25) is 0 Å². The number of Topliss-reactive ketones (excluding diaryl/α,β-unsaturated/α-hetero) is 1. The van der Waals surface area contributed by atoms with Crippen LogP contribution in [0.15, 0.2) is 114 Å². The summed E-state index contributed by atoms with van der Waals surface area (Å²) < 4.78 is 18.3. The molecule has 9 atom stereocenters. The van der Waals surface area contributed by atoms with Crippen LogP contribution in [-0.4, -0.2) is 75.6 Å². The van der Waals surface area contributed by atoms with Crippen molar-refractivity contribution in [1.82, 2.24) is 0 Å². The van der Waals surface area contributed by atoms with E-state index < -0.39 is 82.3 Å². The third-order valence-corrected chi connectivity index (χ3v) is 11.8. The minimum atomic E-state index is -2.43. The maximum atomic E-state index is 15.3. The topological polar surface area (TPSA) is 157 Å². The van der Waals surface area contributed by atoms with Crippen molar-refractivity contribution >= 4 is 23.7 Å². The lowest BCUT2D eigenvalue weighted by atomic mass is 9.58. The highest BCUT2D eigenvalue weighted by Gasteiger charge is 2.85. The first-order valence-corrected chi connectivity index (χ1v) is 17.1. The summed E-state index contributed by atoms with van der Waals surface area (Å²) >= 11 is 0. The van der Waals surface area contributed by atoms with Gasteiger partial charge in [0.05, 0.1) is 28.7 Å². The number of hydrogen-bond donors (Lipinski definition) is 3. The van der Waals surface area contributed by atoms with Crippen LogP contribution in [0.1, 0.15) is 58.3 Å². The van der Waals surface area contributed by atoms with Gasteiger partial charge in [-0.3, -0.25) is 4.79 Å². The number of rotatable bonds is 8. The molecule has 1 unspecified atom stereocenters. The second-order valence-corrected chi connectivity index (χ2v) is 14.5. The fourth-order valence-corrected chi connectivity index (χ4v) is 9.34. The molecule has 4 aliphatic carbocycles. The number of ketones is 1. The predicted molar refractivity (Wildman–Crippen MR) is 183 cm³/mol. The van der Waals surface area contributed by atoms with Crippen molar-refractivity contribution in [2.75, 3.05) is 13.2 Å². The highest BCUT2D eigenvalue weighted by molar-refractivity contribution is 5.97. The van der Waals surface area contributed by atoms with Crippen LogP contribution in [0.2, 0.25) is 0 Å². The third-order valence-electron chi connectivity index (χ3n) is 11.8. The van der Waals surface area contributed by atoms with Gasteiger partial charge < -0.3 is 29.5 Å². The van der Waals surface area contributed by atoms with Crippen LogP contribution in [0.5, 0.6) is 0 Å². The molecule has 0 heterocycles. The zero-order chi connectivity index (χ0) is 36.3. The standard InChI is InChI=1S/C41H40O10/c1-24-20-39-25(2)21-40(51-37(47)28-17-11-6-12-18-28)31(38(40,3)23-49-35(45)26-13-7-4-8-14-26)30(33(39)44)19-29(22-42)32(43)41(39,48)34(24)50-36(46)27-15-9-5-10-16-27/h4-20,25,30-32,34,42-43,48H,21-23H2,1-3H3/t25-,30+,31-,32-,34+,38?,39+,40+,41+/m1/s1. The Morgan fingerprint density at radius 3 is 1.92 bits per heavy atom. The first-order valence-electron chi connectivity index (χ1n) is 17.1. The lowest BCUT2D eigenvalue weighted by molar-refractivity contribution is -0.191. The highest BCUT2D eigenvalue weighted by Crippen LogP contribution is 2.75. The Morgan fingerprint density at radius 2 is 1.37 bits per heavy atom. The number of carbonyl (C=O) groups excluding carboxylic acids is 4. The van der Waals surface area contributed by atoms with Crippen LogP contribution in [0, 0.1) is 28.6 Å². The Kier molecular flexibility index (Phi) is 8.40. The second-order valence-electron chi connectivity index (χ2n) is 14.5. The quantitative estimate of drug-likeness (QED) is 0.175. The van der Waals surface area contributed by atoms with Gasteiger partial charge in [0.25, 0.3) is 0 Å². The molecule has 3 aromatic rings. The summed E-state index contributed by atoms with van der Waals surface area (Å²) in [6.07, 6.45) is -0.227. The van der Waals surface area contributed by atoms with Crippen molar-refractivity contribution in [2.24, 2.45) is 28.6 Å². The summed E-state index contributed by atoms with van der Waals surface area (Å²) in [5, 5.41) is 35.5. The number of benzene rings is 3. The van der Waals surface area contributed by atoms with E-state index in [9.17, 15) is 29.7 Å².